The number of likely N-dealkylation sites (tertiary alicyclic amines) is 1. The van der Waals surface area contributed by atoms with Crippen LogP contribution in [0.2, 0.25) is 0 Å². The quantitative estimate of drug-likeness (QED) is 0.725. The highest BCUT2D eigenvalue weighted by Crippen LogP contribution is 2.21. The van der Waals surface area contributed by atoms with Crippen LogP contribution < -0.4 is 0 Å². The Balaban J connectivity index is 2.43. The van der Waals surface area contributed by atoms with Crippen molar-refractivity contribution in [2.24, 2.45) is 11.8 Å². The first-order valence-corrected chi connectivity index (χ1v) is 9.78. The van der Waals surface area contributed by atoms with E-state index < -0.39 is 10.0 Å². The summed E-state index contributed by atoms with van der Waals surface area (Å²) in [6, 6.07) is 0.201. The average Bonchev–Trinajstić information content (AvgIpc) is 2.29. The van der Waals surface area contributed by atoms with E-state index in [1.165, 1.54) is 12.7 Å². The van der Waals surface area contributed by atoms with Gasteiger partial charge in [0.1, 0.15) is 0 Å². The molecular formula is C15H32N2O2S. The number of nitrogens with zero attached hydrogens (tertiary/aromatic N) is 2. The second-order valence-corrected chi connectivity index (χ2v) is 8.67. The summed E-state index contributed by atoms with van der Waals surface area (Å²) in [5.74, 6) is 1.48. The molecule has 1 saturated heterocycles. The lowest BCUT2D eigenvalue weighted by Gasteiger charge is -2.37. The standard InChI is InChI=1S/C15H32N2O2S/c1-6-17(20(5,18)19)15-7-9-16(10-8-15)12-14(4)11-13(2)3/h13-15H,6-12H2,1-5H3/t14-/m1/s1. The molecule has 1 aliphatic heterocycles. The summed E-state index contributed by atoms with van der Waals surface area (Å²) in [7, 11) is -3.06. The molecule has 5 heteroatoms. The average molecular weight is 305 g/mol. The van der Waals surface area contributed by atoms with Gasteiger partial charge in [0.25, 0.3) is 0 Å². The van der Waals surface area contributed by atoms with Gasteiger partial charge in [0.15, 0.2) is 0 Å². The number of hydrogen-bond acceptors (Lipinski definition) is 3. The molecule has 0 saturated carbocycles. The molecule has 0 amide bonds. The Labute approximate surface area is 125 Å². The Hall–Kier alpha value is -0.130. The zero-order chi connectivity index (χ0) is 15.3. The SMILES string of the molecule is CCN(C1CCN(C[C@H](C)CC(C)C)CC1)S(C)(=O)=O. The minimum Gasteiger partial charge on any atom is -0.303 e. The van der Waals surface area contributed by atoms with Gasteiger partial charge in [-0.05, 0) is 44.2 Å². The molecule has 0 aromatic rings. The van der Waals surface area contributed by atoms with Crippen molar-refractivity contribution in [3.8, 4) is 0 Å². The van der Waals surface area contributed by atoms with Crippen LogP contribution in [-0.4, -0.2) is 56.1 Å². The van der Waals surface area contributed by atoms with Gasteiger partial charge in [-0.25, -0.2) is 8.42 Å². The highest BCUT2D eigenvalue weighted by molar-refractivity contribution is 7.88. The predicted molar refractivity (Wildman–Crippen MR) is 85.3 cm³/mol. The normalized spacial score (nSPS) is 20.8. The molecule has 0 unspecified atom stereocenters. The molecule has 0 radical (unpaired) electrons. The van der Waals surface area contributed by atoms with Gasteiger partial charge in [-0.15, -0.1) is 0 Å². The van der Waals surface area contributed by atoms with E-state index in [9.17, 15) is 8.42 Å². The lowest BCUT2D eigenvalue weighted by molar-refractivity contribution is 0.142. The minimum absolute atomic E-state index is 0.201. The molecular weight excluding hydrogens is 272 g/mol. The van der Waals surface area contributed by atoms with E-state index in [1.807, 2.05) is 6.92 Å². The van der Waals surface area contributed by atoms with E-state index in [2.05, 4.69) is 25.7 Å². The predicted octanol–water partition coefficient (Wildman–Crippen LogP) is 2.41. The largest absolute Gasteiger partial charge is 0.303 e. The zero-order valence-corrected chi connectivity index (χ0v) is 14.6. The Bertz CT molecular complexity index is 373. The summed E-state index contributed by atoms with van der Waals surface area (Å²) in [4.78, 5) is 2.50. The molecule has 0 aromatic heterocycles. The third kappa shape index (κ3) is 5.70. The van der Waals surface area contributed by atoms with Gasteiger partial charge in [-0.1, -0.05) is 27.7 Å². The van der Waals surface area contributed by atoms with Crippen LogP contribution in [-0.2, 0) is 10.0 Å². The fourth-order valence-corrected chi connectivity index (χ4v) is 4.69. The van der Waals surface area contributed by atoms with Crippen molar-refractivity contribution in [2.75, 3.05) is 32.4 Å². The van der Waals surface area contributed by atoms with Crippen LogP contribution in [0.4, 0.5) is 0 Å². The Morgan fingerprint density at radius 3 is 2.15 bits per heavy atom. The summed E-state index contributed by atoms with van der Waals surface area (Å²) in [6.45, 7) is 12.6. The fourth-order valence-electron chi connectivity index (χ4n) is 3.47. The molecule has 120 valence electrons. The monoisotopic (exact) mass is 304 g/mol. The van der Waals surface area contributed by atoms with Gasteiger partial charge >= 0.3 is 0 Å². The molecule has 0 aromatic carbocycles. The summed E-state index contributed by atoms with van der Waals surface area (Å²) in [5, 5.41) is 0. The van der Waals surface area contributed by atoms with Crippen molar-refractivity contribution >= 4 is 10.0 Å². The number of piperidine rings is 1. The van der Waals surface area contributed by atoms with Crippen molar-refractivity contribution < 1.29 is 8.42 Å². The first kappa shape index (κ1) is 17.9. The lowest BCUT2D eigenvalue weighted by Crippen LogP contribution is -2.47. The fraction of sp³-hybridized carbons (Fsp3) is 1.00. The molecule has 0 aliphatic carbocycles. The summed E-state index contributed by atoms with van der Waals surface area (Å²) < 4.78 is 25.2. The van der Waals surface area contributed by atoms with Gasteiger partial charge in [0.2, 0.25) is 10.0 Å². The van der Waals surface area contributed by atoms with Gasteiger partial charge in [-0.2, -0.15) is 4.31 Å². The van der Waals surface area contributed by atoms with Crippen molar-refractivity contribution in [2.45, 2.75) is 53.0 Å². The van der Waals surface area contributed by atoms with Crippen LogP contribution in [0.25, 0.3) is 0 Å². The molecule has 20 heavy (non-hydrogen) atoms. The van der Waals surface area contributed by atoms with Gasteiger partial charge in [0.05, 0.1) is 6.26 Å². The third-order valence-corrected chi connectivity index (χ3v) is 5.55. The molecule has 0 N–H and O–H groups in total. The maximum Gasteiger partial charge on any atom is 0.211 e. The second-order valence-electron chi connectivity index (χ2n) is 6.73. The summed E-state index contributed by atoms with van der Waals surface area (Å²) >= 11 is 0. The van der Waals surface area contributed by atoms with Crippen LogP contribution in [0.5, 0.6) is 0 Å². The Morgan fingerprint density at radius 1 is 1.20 bits per heavy atom. The number of sulfonamides is 1. The lowest BCUT2D eigenvalue weighted by atomic mass is 9.97. The second kappa shape index (κ2) is 7.76. The molecule has 1 aliphatic rings. The van der Waals surface area contributed by atoms with Gasteiger partial charge in [0, 0.05) is 19.1 Å². The molecule has 1 atom stereocenters. The molecule has 0 spiro atoms. The van der Waals surface area contributed by atoms with Crippen molar-refractivity contribution in [3.63, 3.8) is 0 Å². The van der Waals surface area contributed by atoms with Gasteiger partial charge in [-0.3, -0.25) is 0 Å². The maximum atomic E-state index is 11.8. The van der Waals surface area contributed by atoms with Crippen LogP contribution in [0.3, 0.4) is 0 Å². The zero-order valence-electron chi connectivity index (χ0n) is 13.8. The van der Waals surface area contributed by atoms with Crippen LogP contribution in [0, 0.1) is 11.8 Å². The first-order chi connectivity index (χ1) is 9.24. The van der Waals surface area contributed by atoms with E-state index in [0.717, 1.165) is 44.3 Å². The van der Waals surface area contributed by atoms with Crippen LogP contribution >= 0.6 is 0 Å². The van der Waals surface area contributed by atoms with Crippen molar-refractivity contribution in [1.29, 1.82) is 0 Å². The highest BCUT2D eigenvalue weighted by Gasteiger charge is 2.29. The maximum absolute atomic E-state index is 11.8. The van der Waals surface area contributed by atoms with E-state index in [-0.39, 0.29) is 6.04 Å². The minimum atomic E-state index is -3.06. The van der Waals surface area contributed by atoms with Crippen LogP contribution in [0.1, 0.15) is 47.0 Å². The Morgan fingerprint density at radius 2 is 1.75 bits per heavy atom. The highest BCUT2D eigenvalue weighted by atomic mass is 32.2. The molecule has 1 fully saturated rings. The van der Waals surface area contributed by atoms with Crippen molar-refractivity contribution in [1.82, 2.24) is 9.21 Å². The first-order valence-electron chi connectivity index (χ1n) is 7.93. The van der Waals surface area contributed by atoms with Gasteiger partial charge < -0.3 is 4.90 Å². The van der Waals surface area contributed by atoms with Crippen LogP contribution in [0.15, 0.2) is 0 Å². The van der Waals surface area contributed by atoms with Crippen molar-refractivity contribution in [3.05, 3.63) is 0 Å². The topological polar surface area (TPSA) is 40.6 Å². The molecule has 0 bridgehead atoms. The summed E-state index contributed by atoms with van der Waals surface area (Å²) in [6.07, 6.45) is 4.53. The van der Waals surface area contributed by atoms with E-state index in [1.54, 1.807) is 4.31 Å². The number of hydrogen-bond donors (Lipinski definition) is 0. The molecule has 1 heterocycles. The Kier molecular flexibility index (Phi) is 6.95. The summed E-state index contributed by atoms with van der Waals surface area (Å²) in [5.41, 5.74) is 0. The van der Waals surface area contributed by atoms with E-state index >= 15 is 0 Å². The number of rotatable bonds is 7. The third-order valence-electron chi connectivity index (χ3n) is 4.15. The van der Waals surface area contributed by atoms with E-state index in [0.29, 0.717) is 6.54 Å². The molecule has 4 nitrogen and oxygen atoms in total. The smallest absolute Gasteiger partial charge is 0.211 e. The van der Waals surface area contributed by atoms with E-state index in [4.69, 9.17) is 0 Å². The molecule has 1 rings (SSSR count).